The number of carbonyl (C=O) groups is 1. The molecular formula is C19H31Cl2N5O2. The van der Waals surface area contributed by atoms with E-state index in [1.807, 2.05) is 0 Å². The van der Waals surface area contributed by atoms with Gasteiger partial charge in [-0.1, -0.05) is 32.1 Å². The first kappa shape index (κ1) is 24.6. The molecule has 0 bridgehead atoms. The van der Waals surface area contributed by atoms with Gasteiger partial charge in [0.2, 0.25) is 0 Å². The zero-order valence-electron chi connectivity index (χ0n) is 16.0. The van der Waals surface area contributed by atoms with Gasteiger partial charge in [-0.05, 0) is 31.4 Å². The van der Waals surface area contributed by atoms with Gasteiger partial charge in [-0.25, -0.2) is 10.5 Å². The van der Waals surface area contributed by atoms with Gasteiger partial charge in [-0.3, -0.25) is 15.0 Å². The fourth-order valence-corrected chi connectivity index (χ4v) is 3.90. The van der Waals surface area contributed by atoms with Gasteiger partial charge >= 0.3 is 0 Å². The van der Waals surface area contributed by atoms with Crippen LogP contribution >= 0.6 is 24.8 Å². The Kier molecular flexibility index (Phi) is 11.4. The number of hydrogen-bond donors (Lipinski definition) is 3. The first-order valence-corrected chi connectivity index (χ1v) is 9.66. The predicted molar refractivity (Wildman–Crippen MR) is 115 cm³/mol. The van der Waals surface area contributed by atoms with Crippen molar-refractivity contribution in [3.8, 4) is 0 Å². The summed E-state index contributed by atoms with van der Waals surface area (Å²) in [6.07, 6.45) is 15.6. The molecule has 2 heterocycles. The molecular weight excluding hydrogens is 401 g/mol. The second-order valence-corrected chi connectivity index (χ2v) is 7.36. The maximum absolute atomic E-state index is 11.0. The molecule has 1 saturated heterocycles. The molecule has 1 aliphatic heterocycles. The summed E-state index contributed by atoms with van der Waals surface area (Å²) in [6, 6.07) is 0.414. The van der Waals surface area contributed by atoms with E-state index in [1.54, 1.807) is 12.4 Å². The first-order chi connectivity index (χ1) is 12.7. The van der Waals surface area contributed by atoms with Crippen molar-refractivity contribution >= 4 is 42.6 Å². The molecule has 2 fully saturated rings. The molecule has 1 amide bonds. The van der Waals surface area contributed by atoms with Gasteiger partial charge in [-0.15, -0.1) is 24.8 Å². The lowest BCUT2D eigenvalue weighted by Crippen LogP contribution is -2.28. The quantitative estimate of drug-likeness (QED) is 0.348. The SMILES string of the molecule is Cl.Cl.O=C(C=Cc1cnc(N[C@@H]2CCN(CCC3CCCCC3)C2)cn1)NO. The molecule has 1 aromatic heterocycles. The molecule has 0 spiro atoms. The molecule has 7 nitrogen and oxygen atoms in total. The van der Waals surface area contributed by atoms with E-state index < -0.39 is 5.91 Å². The Balaban J connectivity index is 0.00000196. The van der Waals surface area contributed by atoms with Crippen molar-refractivity contribution in [2.24, 2.45) is 5.92 Å². The maximum atomic E-state index is 11.0. The van der Waals surface area contributed by atoms with Crippen molar-refractivity contribution in [1.29, 1.82) is 0 Å². The predicted octanol–water partition coefficient (Wildman–Crippen LogP) is 3.30. The molecule has 3 N–H and O–H groups in total. The average molecular weight is 432 g/mol. The second-order valence-electron chi connectivity index (χ2n) is 7.36. The lowest BCUT2D eigenvalue weighted by molar-refractivity contribution is -0.124. The minimum Gasteiger partial charge on any atom is -0.365 e. The third-order valence-electron chi connectivity index (χ3n) is 5.39. The summed E-state index contributed by atoms with van der Waals surface area (Å²) < 4.78 is 0. The topological polar surface area (TPSA) is 90.4 Å². The van der Waals surface area contributed by atoms with Gasteiger partial charge in [0.05, 0.1) is 18.1 Å². The van der Waals surface area contributed by atoms with Crippen molar-refractivity contribution in [2.75, 3.05) is 25.0 Å². The van der Waals surface area contributed by atoms with E-state index in [0.717, 1.165) is 31.2 Å². The highest BCUT2D eigenvalue weighted by atomic mass is 35.5. The Hall–Kier alpha value is -1.41. The normalized spacial score (nSPS) is 20.4. The van der Waals surface area contributed by atoms with Gasteiger partial charge in [-0.2, -0.15) is 0 Å². The number of anilines is 1. The Labute approximate surface area is 179 Å². The highest BCUT2D eigenvalue weighted by Crippen LogP contribution is 2.27. The van der Waals surface area contributed by atoms with E-state index in [-0.39, 0.29) is 24.8 Å². The summed E-state index contributed by atoms with van der Waals surface area (Å²) >= 11 is 0. The Morgan fingerprint density at radius 3 is 2.64 bits per heavy atom. The Morgan fingerprint density at radius 1 is 1.18 bits per heavy atom. The standard InChI is InChI=1S/C19H29N5O2.2ClH/c25-19(23-26)7-6-16-12-21-18(13-20-16)22-17-9-11-24(14-17)10-8-15-4-2-1-3-5-15;;/h6-7,12-13,15,17,26H,1-5,8-11,14H2,(H,21,22)(H,23,25);2*1H/t17-;;/m1../s1. The van der Waals surface area contributed by atoms with E-state index in [2.05, 4.69) is 20.2 Å². The van der Waals surface area contributed by atoms with Gasteiger partial charge in [0, 0.05) is 25.2 Å². The van der Waals surface area contributed by atoms with Crippen molar-refractivity contribution < 1.29 is 10.0 Å². The summed E-state index contributed by atoms with van der Waals surface area (Å²) in [4.78, 5) is 22.1. The molecule has 2 aliphatic rings. The van der Waals surface area contributed by atoms with E-state index >= 15 is 0 Å². The number of nitrogens with zero attached hydrogens (tertiary/aromatic N) is 3. The molecule has 0 radical (unpaired) electrons. The van der Waals surface area contributed by atoms with Crippen LogP contribution in [0.25, 0.3) is 6.08 Å². The smallest absolute Gasteiger partial charge is 0.267 e. The molecule has 1 aromatic rings. The van der Waals surface area contributed by atoms with Crippen LogP contribution in [0.3, 0.4) is 0 Å². The summed E-state index contributed by atoms with van der Waals surface area (Å²) in [5.41, 5.74) is 2.11. The zero-order valence-corrected chi connectivity index (χ0v) is 17.7. The van der Waals surface area contributed by atoms with Gasteiger partial charge < -0.3 is 10.2 Å². The average Bonchev–Trinajstić information content (AvgIpc) is 3.13. The minimum atomic E-state index is -0.590. The van der Waals surface area contributed by atoms with E-state index in [1.165, 1.54) is 62.7 Å². The molecule has 3 rings (SSSR count). The number of carbonyl (C=O) groups excluding carboxylic acids is 1. The van der Waals surface area contributed by atoms with Crippen LogP contribution in [0.2, 0.25) is 0 Å². The van der Waals surface area contributed by atoms with E-state index in [0.29, 0.717) is 11.7 Å². The fraction of sp³-hybridized carbons (Fsp3) is 0.632. The molecule has 1 saturated carbocycles. The highest BCUT2D eigenvalue weighted by molar-refractivity contribution is 5.90. The number of hydrogen-bond acceptors (Lipinski definition) is 6. The number of likely N-dealkylation sites (tertiary alicyclic amines) is 1. The Bertz CT molecular complexity index is 609. The first-order valence-electron chi connectivity index (χ1n) is 9.66. The van der Waals surface area contributed by atoms with Crippen molar-refractivity contribution in [3.63, 3.8) is 0 Å². The zero-order chi connectivity index (χ0) is 18.2. The van der Waals surface area contributed by atoms with Crippen LogP contribution in [0, 0.1) is 5.92 Å². The van der Waals surface area contributed by atoms with Crippen LogP contribution in [0.1, 0.15) is 50.6 Å². The number of aromatic nitrogens is 2. The highest BCUT2D eigenvalue weighted by Gasteiger charge is 2.23. The maximum Gasteiger partial charge on any atom is 0.267 e. The van der Waals surface area contributed by atoms with E-state index in [9.17, 15) is 4.79 Å². The van der Waals surface area contributed by atoms with Gasteiger partial charge in [0.15, 0.2) is 0 Å². The van der Waals surface area contributed by atoms with Crippen molar-refractivity contribution in [1.82, 2.24) is 20.3 Å². The molecule has 1 aliphatic carbocycles. The molecule has 158 valence electrons. The molecule has 1 atom stereocenters. The lowest BCUT2D eigenvalue weighted by atomic mass is 9.87. The van der Waals surface area contributed by atoms with Gasteiger partial charge in [0.1, 0.15) is 5.82 Å². The number of amides is 1. The molecule has 28 heavy (non-hydrogen) atoms. The fourth-order valence-electron chi connectivity index (χ4n) is 3.90. The van der Waals surface area contributed by atoms with Crippen LogP contribution in [-0.2, 0) is 4.79 Å². The van der Waals surface area contributed by atoms with Crippen molar-refractivity contribution in [2.45, 2.75) is 51.0 Å². The van der Waals surface area contributed by atoms with Crippen LogP contribution < -0.4 is 10.8 Å². The summed E-state index contributed by atoms with van der Waals surface area (Å²) in [7, 11) is 0. The summed E-state index contributed by atoms with van der Waals surface area (Å²) in [6.45, 7) is 3.42. The third kappa shape index (κ3) is 7.91. The van der Waals surface area contributed by atoms with E-state index in [4.69, 9.17) is 5.21 Å². The summed E-state index contributed by atoms with van der Waals surface area (Å²) in [5, 5.41) is 11.9. The van der Waals surface area contributed by atoms with Crippen LogP contribution in [0.15, 0.2) is 18.5 Å². The Morgan fingerprint density at radius 2 is 1.96 bits per heavy atom. The number of rotatable bonds is 7. The second kappa shape index (κ2) is 12.9. The van der Waals surface area contributed by atoms with Crippen LogP contribution in [-0.4, -0.2) is 51.7 Å². The summed E-state index contributed by atoms with van der Waals surface area (Å²) in [5.74, 6) is 1.11. The lowest BCUT2D eigenvalue weighted by Gasteiger charge is -2.24. The minimum absolute atomic E-state index is 0. The largest absolute Gasteiger partial charge is 0.365 e. The number of halogens is 2. The van der Waals surface area contributed by atoms with Crippen molar-refractivity contribution in [3.05, 3.63) is 24.2 Å². The molecule has 0 unspecified atom stereocenters. The van der Waals surface area contributed by atoms with Crippen LogP contribution in [0.5, 0.6) is 0 Å². The number of hydroxylamine groups is 1. The monoisotopic (exact) mass is 431 g/mol. The molecule has 0 aromatic carbocycles. The third-order valence-corrected chi connectivity index (χ3v) is 5.39. The van der Waals surface area contributed by atoms with Crippen LogP contribution in [0.4, 0.5) is 5.82 Å². The number of nitrogens with one attached hydrogen (secondary N) is 2. The molecule has 9 heteroatoms. The van der Waals surface area contributed by atoms with Gasteiger partial charge in [0.25, 0.3) is 5.91 Å².